The van der Waals surface area contributed by atoms with E-state index in [2.05, 4.69) is 18.8 Å². The molecule has 3 heteroatoms. The first kappa shape index (κ1) is 13.2. The van der Waals surface area contributed by atoms with E-state index in [0.29, 0.717) is 19.1 Å². The summed E-state index contributed by atoms with van der Waals surface area (Å²) < 4.78 is 5.22. The number of hydrogen-bond acceptors (Lipinski definition) is 3. The van der Waals surface area contributed by atoms with Crippen LogP contribution in [0.5, 0.6) is 0 Å². The van der Waals surface area contributed by atoms with Crippen LogP contribution in [-0.2, 0) is 9.53 Å². The molecule has 1 fully saturated rings. The highest BCUT2D eigenvalue weighted by Crippen LogP contribution is 2.38. The Kier molecular flexibility index (Phi) is 5.00. The topological polar surface area (TPSA) is 38.3 Å². The second kappa shape index (κ2) is 6.04. The van der Waals surface area contributed by atoms with Crippen molar-refractivity contribution in [2.45, 2.75) is 45.1 Å². The van der Waals surface area contributed by atoms with Gasteiger partial charge in [-0.15, -0.1) is 6.58 Å². The first-order valence-corrected chi connectivity index (χ1v) is 6.24. The van der Waals surface area contributed by atoms with Crippen LogP contribution in [0.15, 0.2) is 12.7 Å². The second-order valence-corrected chi connectivity index (χ2v) is 4.36. The van der Waals surface area contributed by atoms with E-state index >= 15 is 0 Å². The Hall–Kier alpha value is -0.830. The lowest BCUT2D eigenvalue weighted by Gasteiger charge is -2.33. The second-order valence-electron chi connectivity index (χ2n) is 4.36. The third-order valence-corrected chi connectivity index (χ3v) is 3.51. The highest BCUT2D eigenvalue weighted by molar-refractivity contribution is 5.81. The molecule has 92 valence electrons. The van der Waals surface area contributed by atoms with Gasteiger partial charge in [0.05, 0.1) is 6.61 Å². The van der Waals surface area contributed by atoms with Gasteiger partial charge in [-0.25, -0.2) is 0 Å². The molecule has 0 radical (unpaired) electrons. The van der Waals surface area contributed by atoms with E-state index in [1.165, 1.54) is 0 Å². The summed E-state index contributed by atoms with van der Waals surface area (Å²) in [6, 6.07) is 0. The lowest BCUT2D eigenvalue weighted by atomic mass is 9.85. The zero-order valence-corrected chi connectivity index (χ0v) is 10.4. The molecule has 0 aromatic heterocycles. The van der Waals surface area contributed by atoms with Gasteiger partial charge in [-0.2, -0.15) is 0 Å². The Morgan fingerprint density at radius 2 is 2.38 bits per heavy atom. The van der Waals surface area contributed by atoms with Crippen molar-refractivity contribution in [2.24, 2.45) is 5.92 Å². The fourth-order valence-corrected chi connectivity index (χ4v) is 2.72. The first-order chi connectivity index (χ1) is 7.71. The summed E-state index contributed by atoms with van der Waals surface area (Å²) in [5, 5.41) is 3.34. The number of esters is 1. The van der Waals surface area contributed by atoms with Crippen molar-refractivity contribution < 1.29 is 9.53 Å². The molecule has 1 saturated carbocycles. The minimum absolute atomic E-state index is 0.0822. The van der Waals surface area contributed by atoms with E-state index in [-0.39, 0.29) is 5.97 Å². The van der Waals surface area contributed by atoms with Gasteiger partial charge in [-0.05, 0) is 25.7 Å². The van der Waals surface area contributed by atoms with Crippen molar-refractivity contribution in [3.05, 3.63) is 12.7 Å². The summed E-state index contributed by atoms with van der Waals surface area (Å²) in [6.07, 6.45) is 5.91. The number of ether oxygens (including phenoxy) is 1. The van der Waals surface area contributed by atoms with E-state index in [0.717, 1.165) is 25.7 Å². The van der Waals surface area contributed by atoms with Gasteiger partial charge in [0.15, 0.2) is 0 Å². The summed E-state index contributed by atoms with van der Waals surface area (Å²) >= 11 is 0. The van der Waals surface area contributed by atoms with Crippen molar-refractivity contribution in [3.63, 3.8) is 0 Å². The molecule has 0 aromatic carbocycles. The zero-order valence-electron chi connectivity index (χ0n) is 10.4. The van der Waals surface area contributed by atoms with Gasteiger partial charge in [0, 0.05) is 6.54 Å². The van der Waals surface area contributed by atoms with Gasteiger partial charge in [0.1, 0.15) is 5.54 Å². The van der Waals surface area contributed by atoms with Gasteiger partial charge < -0.3 is 4.74 Å². The molecule has 2 unspecified atom stereocenters. The van der Waals surface area contributed by atoms with Gasteiger partial charge in [0.25, 0.3) is 0 Å². The minimum Gasteiger partial charge on any atom is -0.465 e. The van der Waals surface area contributed by atoms with Gasteiger partial charge in [-0.1, -0.05) is 25.8 Å². The monoisotopic (exact) mass is 225 g/mol. The number of rotatable bonds is 6. The first-order valence-electron chi connectivity index (χ1n) is 6.24. The molecule has 0 spiro atoms. The van der Waals surface area contributed by atoms with E-state index in [9.17, 15) is 4.79 Å². The summed E-state index contributed by atoms with van der Waals surface area (Å²) in [5.41, 5.74) is -0.459. The highest BCUT2D eigenvalue weighted by atomic mass is 16.5. The van der Waals surface area contributed by atoms with Crippen LogP contribution >= 0.6 is 0 Å². The van der Waals surface area contributed by atoms with E-state index in [1.807, 2.05) is 6.92 Å². The number of carbonyl (C=O) groups is 1. The molecule has 1 aliphatic carbocycles. The Morgan fingerprint density at radius 3 is 2.94 bits per heavy atom. The average Bonchev–Trinajstić information content (AvgIpc) is 2.70. The summed E-state index contributed by atoms with van der Waals surface area (Å²) in [5.74, 6) is 0.313. The molecule has 1 N–H and O–H groups in total. The Balaban J connectivity index is 2.82. The molecular formula is C13H23NO2. The van der Waals surface area contributed by atoms with Crippen LogP contribution in [0, 0.1) is 5.92 Å². The molecule has 0 saturated heterocycles. The summed E-state index contributed by atoms with van der Waals surface area (Å²) in [4.78, 5) is 12.1. The van der Waals surface area contributed by atoms with Crippen LogP contribution in [0.1, 0.15) is 39.5 Å². The Bertz CT molecular complexity index is 252. The van der Waals surface area contributed by atoms with Crippen LogP contribution in [0.2, 0.25) is 0 Å². The summed E-state index contributed by atoms with van der Waals surface area (Å²) in [6.45, 7) is 8.80. The van der Waals surface area contributed by atoms with E-state index < -0.39 is 5.54 Å². The minimum atomic E-state index is -0.459. The number of nitrogens with one attached hydrogen (secondary N) is 1. The smallest absolute Gasteiger partial charge is 0.326 e. The fourth-order valence-electron chi connectivity index (χ4n) is 2.72. The lowest BCUT2D eigenvalue weighted by molar-refractivity contribution is -0.153. The Morgan fingerprint density at radius 1 is 1.62 bits per heavy atom. The van der Waals surface area contributed by atoms with Crippen LogP contribution in [0.4, 0.5) is 0 Å². The maximum Gasteiger partial charge on any atom is 0.326 e. The maximum absolute atomic E-state index is 12.1. The highest BCUT2D eigenvalue weighted by Gasteiger charge is 2.48. The van der Waals surface area contributed by atoms with Crippen LogP contribution in [-0.4, -0.2) is 24.7 Å². The molecule has 0 amide bonds. The molecule has 0 aliphatic heterocycles. The normalized spacial score (nSPS) is 29.0. The molecule has 0 aromatic rings. The SMILES string of the molecule is C=CCNC1(C(=O)OCC)CCCC1CC. The number of hydrogen-bond donors (Lipinski definition) is 1. The molecule has 0 heterocycles. The fraction of sp³-hybridized carbons (Fsp3) is 0.769. The summed E-state index contributed by atoms with van der Waals surface area (Å²) in [7, 11) is 0. The van der Waals surface area contributed by atoms with Crippen LogP contribution in [0.3, 0.4) is 0 Å². The van der Waals surface area contributed by atoms with Crippen molar-refractivity contribution >= 4 is 5.97 Å². The van der Waals surface area contributed by atoms with E-state index in [1.54, 1.807) is 6.08 Å². The Labute approximate surface area is 98.2 Å². The molecule has 3 nitrogen and oxygen atoms in total. The maximum atomic E-state index is 12.1. The largest absolute Gasteiger partial charge is 0.465 e. The predicted octanol–water partition coefficient (Wildman–Crippen LogP) is 2.27. The standard InChI is InChI=1S/C13H23NO2/c1-4-10-14-13(12(15)16-6-3)9-7-8-11(13)5-2/h4,11,14H,1,5-10H2,2-3H3. The van der Waals surface area contributed by atoms with Crippen molar-refractivity contribution in [2.75, 3.05) is 13.2 Å². The van der Waals surface area contributed by atoms with Gasteiger partial charge >= 0.3 is 5.97 Å². The molecule has 0 bridgehead atoms. The zero-order chi connectivity index (χ0) is 12.0. The molecule has 16 heavy (non-hydrogen) atoms. The van der Waals surface area contributed by atoms with Crippen LogP contribution < -0.4 is 5.32 Å². The van der Waals surface area contributed by atoms with Gasteiger partial charge in [0.2, 0.25) is 0 Å². The van der Waals surface area contributed by atoms with E-state index in [4.69, 9.17) is 4.74 Å². The van der Waals surface area contributed by atoms with Crippen molar-refractivity contribution in [3.8, 4) is 0 Å². The lowest BCUT2D eigenvalue weighted by Crippen LogP contribution is -2.55. The molecule has 1 rings (SSSR count). The third kappa shape index (κ3) is 2.46. The average molecular weight is 225 g/mol. The third-order valence-electron chi connectivity index (χ3n) is 3.51. The van der Waals surface area contributed by atoms with Crippen LogP contribution in [0.25, 0.3) is 0 Å². The van der Waals surface area contributed by atoms with Crippen molar-refractivity contribution in [1.29, 1.82) is 0 Å². The molecule has 1 aliphatic rings. The molecule has 2 atom stereocenters. The quantitative estimate of drug-likeness (QED) is 0.556. The van der Waals surface area contributed by atoms with Gasteiger partial charge in [-0.3, -0.25) is 10.1 Å². The molecular weight excluding hydrogens is 202 g/mol. The predicted molar refractivity (Wildman–Crippen MR) is 65.2 cm³/mol. The number of carbonyl (C=O) groups excluding carboxylic acids is 1. The van der Waals surface area contributed by atoms with Crippen molar-refractivity contribution in [1.82, 2.24) is 5.32 Å².